The van der Waals surface area contributed by atoms with Crippen LogP contribution in [0.2, 0.25) is 19.6 Å². The minimum Gasteiger partial charge on any atom is 0 e. The van der Waals surface area contributed by atoms with E-state index in [-0.39, 0.29) is 17.4 Å². The van der Waals surface area contributed by atoms with Crippen LogP contribution in [0.5, 0.6) is 0 Å². The van der Waals surface area contributed by atoms with Crippen LogP contribution in [0.1, 0.15) is 17.5 Å². The zero-order valence-electron chi connectivity index (χ0n) is 17.5. The summed E-state index contributed by atoms with van der Waals surface area (Å²) >= 11 is 0. The first-order valence-electron chi connectivity index (χ1n) is 8.67. The van der Waals surface area contributed by atoms with E-state index in [2.05, 4.69) is 107 Å². The van der Waals surface area contributed by atoms with Crippen molar-refractivity contribution >= 4 is 14.4 Å². The van der Waals surface area contributed by atoms with Crippen LogP contribution in [0.25, 0.3) is 6.08 Å². The Morgan fingerprint density at radius 3 is 1.70 bits per heavy atom. The summed E-state index contributed by atoms with van der Waals surface area (Å²) < 4.78 is 29.2. The SMILES string of the molecule is C=CCC(/C=C/c1ccccc1)(O[Si](C)(C)C)c1ccccc1.[C-]#[O+].[C-]#[O+].[C-]#[O+].[Cr]. The minimum absolute atomic E-state index is 0. The molecule has 0 bridgehead atoms. The molecule has 156 valence electrons. The van der Waals surface area contributed by atoms with Gasteiger partial charge < -0.3 is 4.43 Å². The molecule has 4 nitrogen and oxygen atoms in total. The standard InChI is InChI=1S/C21H26OSi.3CO.Cr/c1-5-17-21(22-23(2,3)4,20-14-10-7-11-15-20)18-16-19-12-8-6-9-13-19;3*1-2;/h5-16,18H,1,17H2,2-4H3;;;;/b18-16+;;;;. The van der Waals surface area contributed by atoms with Gasteiger partial charge in [0.05, 0.1) is 0 Å². The van der Waals surface area contributed by atoms with Gasteiger partial charge in [-0.3, -0.25) is 0 Å². The molecular weight excluding hydrogens is 432 g/mol. The smallest absolute Gasteiger partial charge is 0 e. The summed E-state index contributed by atoms with van der Waals surface area (Å²) in [5.74, 6) is 0. The molecule has 0 saturated heterocycles. The molecule has 0 amide bonds. The summed E-state index contributed by atoms with van der Waals surface area (Å²) in [6.07, 6.45) is 7.04. The molecule has 30 heavy (non-hydrogen) atoms. The summed E-state index contributed by atoms with van der Waals surface area (Å²) in [4.78, 5) is 0. The van der Waals surface area contributed by atoms with E-state index < -0.39 is 13.9 Å². The topological polar surface area (TPSA) is 68.9 Å². The average molecular weight is 459 g/mol. The molecule has 0 fully saturated rings. The van der Waals surface area contributed by atoms with Gasteiger partial charge in [-0.2, -0.15) is 0 Å². The first-order valence-corrected chi connectivity index (χ1v) is 12.1. The Bertz CT molecular complexity index is 763. The third-order valence-electron chi connectivity index (χ3n) is 3.54. The van der Waals surface area contributed by atoms with Gasteiger partial charge in [-0.25, -0.2) is 0 Å². The van der Waals surface area contributed by atoms with Gasteiger partial charge in [-0.1, -0.05) is 72.8 Å². The molecule has 0 aromatic heterocycles. The Labute approximate surface area is 192 Å². The van der Waals surface area contributed by atoms with Crippen LogP contribution in [0.3, 0.4) is 0 Å². The Morgan fingerprint density at radius 2 is 1.30 bits per heavy atom. The predicted molar refractivity (Wildman–Crippen MR) is 115 cm³/mol. The van der Waals surface area contributed by atoms with Crippen molar-refractivity contribution < 1.29 is 35.7 Å². The molecule has 0 aliphatic carbocycles. The molecule has 0 radical (unpaired) electrons. The van der Waals surface area contributed by atoms with Gasteiger partial charge in [0.25, 0.3) is 0 Å². The first kappa shape index (κ1) is 32.5. The van der Waals surface area contributed by atoms with Crippen molar-refractivity contribution in [3.63, 3.8) is 0 Å². The van der Waals surface area contributed by atoms with Crippen LogP contribution in [0, 0.1) is 20.0 Å². The van der Waals surface area contributed by atoms with Crippen LogP contribution in [0.4, 0.5) is 0 Å². The van der Waals surface area contributed by atoms with Crippen LogP contribution < -0.4 is 0 Å². The molecular formula is C24H26CrO4Si. The molecule has 6 heteroatoms. The predicted octanol–water partition coefficient (Wildman–Crippen LogP) is 5.91. The van der Waals surface area contributed by atoms with Crippen LogP contribution in [0.15, 0.2) is 79.4 Å². The molecule has 2 aromatic rings. The Morgan fingerprint density at radius 1 is 0.867 bits per heavy atom. The number of hydrogen-bond acceptors (Lipinski definition) is 1. The van der Waals surface area contributed by atoms with E-state index in [0.717, 1.165) is 6.42 Å². The largest absolute Gasteiger partial charge is 0 e. The Balaban J connectivity index is -0.000000955. The Hall–Kier alpha value is -2.15. The number of rotatable bonds is 7. The fourth-order valence-corrected chi connectivity index (χ4v) is 4.05. The average Bonchev–Trinajstić information content (AvgIpc) is 2.77. The number of benzene rings is 2. The fraction of sp³-hybridized carbons (Fsp3) is 0.208. The third-order valence-corrected chi connectivity index (χ3v) is 4.52. The van der Waals surface area contributed by atoms with Gasteiger partial charge in [0.1, 0.15) is 5.60 Å². The molecule has 0 heterocycles. The van der Waals surface area contributed by atoms with Crippen molar-refractivity contribution in [1.82, 2.24) is 0 Å². The van der Waals surface area contributed by atoms with Crippen molar-refractivity contribution in [1.29, 1.82) is 0 Å². The molecule has 0 aliphatic rings. The van der Waals surface area contributed by atoms with Gasteiger partial charge in [0, 0.05) is 23.8 Å². The van der Waals surface area contributed by atoms with Crippen molar-refractivity contribution in [2.75, 3.05) is 0 Å². The van der Waals surface area contributed by atoms with E-state index in [0.29, 0.717) is 0 Å². The van der Waals surface area contributed by atoms with Gasteiger partial charge in [0.2, 0.25) is 0 Å². The van der Waals surface area contributed by atoms with Gasteiger partial charge in [-0.15, -0.1) is 6.58 Å². The van der Waals surface area contributed by atoms with Crippen LogP contribution in [-0.2, 0) is 41.3 Å². The summed E-state index contributed by atoms with van der Waals surface area (Å²) in [6.45, 7) is 24.1. The molecule has 0 N–H and O–H groups in total. The summed E-state index contributed by atoms with van der Waals surface area (Å²) in [7, 11) is -1.75. The second kappa shape index (κ2) is 18.9. The van der Waals surface area contributed by atoms with Crippen molar-refractivity contribution in [2.24, 2.45) is 0 Å². The van der Waals surface area contributed by atoms with Crippen molar-refractivity contribution in [3.8, 4) is 0 Å². The summed E-state index contributed by atoms with van der Waals surface area (Å²) in [6, 6.07) is 20.8. The van der Waals surface area contributed by atoms with E-state index in [1.807, 2.05) is 18.2 Å². The van der Waals surface area contributed by atoms with E-state index in [4.69, 9.17) is 18.4 Å². The zero-order valence-corrected chi connectivity index (χ0v) is 19.7. The Kier molecular flexibility index (Phi) is 20.4. The number of hydrogen-bond donors (Lipinski definition) is 0. The normalized spacial score (nSPS) is 11.4. The molecule has 2 aromatic carbocycles. The van der Waals surface area contributed by atoms with Crippen molar-refractivity contribution in [3.05, 3.63) is 110 Å². The molecule has 2 rings (SSSR count). The second-order valence-corrected chi connectivity index (χ2v) is 11.1. The van der Waals surface area contributed by atoms with E-state index in [9.17, 15) is 0 Å². The first-order chi connectivity index (χ1) is 14.0. The molecule has 1 atom stereocenters. The fourth-order valence-electron chi connectivity index (χ4n) is 2.69. The molecule has 0 aliphatic heterocycles. The van der Waals surface area contributed by atoms with Gasteiger partial charge >= 0.3 is 33.9 Å². The molecule has 0 saturated carbocycles. The van der Waals surface area contributed by atoms with Crippen LogP contribution in [-0.4, -0.2) is 8.32 Å². The second-order valence-electron chi connectivity index (χ2n) is 6.71. The van der Waals surface area contributed by atoms with Crippen LogP contribution >= 0.6 is 0 Å². The quantitative estimate of drug-likeness (QED) is 0.220. The maximum absolute atomic E-state index is 7.50. The summed E-state index contributed by atoms with van der Waals surface area (Å²) in [5, 5.41) is 0. The third kappa shape index (κ3) is 12.4. The maximum Gasteiger partial charge on any atom is 0 e. The van der Waals surface area contributed by atoms with E-state index >= 15 is 0 Å². The van der Waals surface area contributed by atoms with E-state index in [1.165, 1.54) is 11.1 Å². The molecule has 1 unspecified atom stereocenters. The maximum atomic E-state index is 7.50. The monoisotopic (exact) mass is 458 g/mol. The minimum atomic E-state index is -1.75. The molecule has 0 spiro atoms. The van der Waals surface area contributed by atoms with Gasteiger partial charge in [-0.05, 0) is 36.8 Å². The zero-order chi connectivity index (χ0) is 22.8. The van der Waals surface area contributed by atoms with Crippen molar-refractivity contribution in [2.45, 2.75) is 31.7 Å². The van der Waals surface area contributed by atoms with Gasteiger partial charge in [0.15, 0.2) is 8.32 Å². The van der Waals surface area contributed by atoms with E-state index in [1.54, 1.807) is 0 Å². The summed E-state index contributed by atoms with van der Waals surface area (Å²) in [5.41, 5.74) is 1.90.